The van der Waals surface area contributed by atoms with Crippen LogP contribution in [0.15, 0.2) is 170 Å². The van der Waals surface area contributed by atoms with Crippen LogP contribution in [0.4, 0.5) is 0 Å². The minimum Gasteiger partial charge on any atom is -0.0622 e. The zero-order valence-electron chi connectivity index (χ0n) is 19.2. The molecule has 0 saturated carbocycles. The molecule has 0 heteroatoms. The molecule has 34 heavy (non-hydrogen) atoms. The summed E-state index contributed by atoms with van der Waals surface area (Å²) in [5, 5.41) is 7.39. The van der Waals surface area contributed by atoms with E-state index in [1.54, 1.807) is 0 Å². The Morgan fingerprint density at radius 2 is 0.382 bits per heavy atom. The van der Waals surface area contributed by atoms with Gasteiger partial charge in [-0.15, -0.1) is 0 Å². The van der Waals surface area contributed by atoms with Crippen LogP contribution in [0.3, 0.4) is 0 Å². The Balaban J connectivity index is 0.000000172. The fourth-order valence-electron chi connectivity index (χ4n) is 3.63. The SMILES string of the molecule is c1cccc2ccc3ccccccc3ccc2cc1.c1cccc2ccccccc=2cc1. The fourth-order valence-corrected chi connectivity index (χ4v) is 3.63. The molecule has 2 aliphatic rings. The van der Waals surface area contributed by atoms with Crippen LogP contribution in [0.1, 0.15) is 0 Å². The lowest BCUT2D eigenvalue weighted by Crippen LogP contribution is -1.69. The molecule has 0 bridgehead atoms. The van der Waals surface area contributed by atoms with Crippen molar-refractivity contribution in [2.45, 2.75) is 0 Å². The maximum absolute atomic E-state index is 2.18. The summed E-state index contributed by atoms with van der Waals surface area (Å²) < 4.78 is 0. The molecule has 0 unspecified atom stereocenters. The van der Waals surface area contributed by atoms with Crippen LogP contribution in [0, 0.1) is 10.4 Å². The summed E-state index contributed by atoms with van der Waals surface area (Å²) in [6.07, 6.45) is 0. The minimum atomic E-state index is 1.23. The van der Waals surface area contributed by atoms with Crippen molar-refractivity contribution in [3.05, 3.63) is 180 Å². The van der Waals surface area contributed by atoms with E-state index in [4.69, 9.17) is 0 Å². The molecule has 0 amide bonds. The summed E-state index contributed by atoms with van der Waals surface area (Å²) in [4.78, 5) is 0. The van der Waals surface area contributed by atoms with Crippen LogP contribution in [-0.4, -0.2) is 0 Å². The standard InChI is InChI=1S/C20H16.C14H12/c1-2-6-10-18-15-16-20-12-8-4-3-7-11-19(20)14-13-17(18)9-5-1;1-2-6-10-14-12-8-4-3-7-11-13(14)9-5-1/h1-16H;1-12H. The summed E-state index contributed by atoms with van der Waals surface area (Å²) in [5.41, 5.74) is 0. The molecular formula is C34H28. The highest BCUT2D eigenvalue weighted by Crippen LogP contribution is 2.15. The lowest BCUT2D eigenvalue weighted by atomic mass is 10.1. The van der Waals surface area contributed by atoms with Gasteiger partial charge in [-0.05, 0) is 32.0 Å². The number of rotatable bonds is 0. The Morgan fingerprint density at radius 1 is 0.176 bits per heavy atom. The maximum atomic E-state index is 2.18. The average molecular weight is 437 g/mol. The van der Waals surface area contributed by atoms with E-state index in [-0.39, 0.29) is 0 Å². The van der Waals surface area contributed by atoms with Crippen LogP contribution in [0.5, 0.6) is 0 Å². The molecule has 2 aliphatic carbocycles. The molecule has 0 aromatic heterocycles. The summed E-state index contributed by atoms with van der Waals surface area (Å²) in [6.45, 7) is 0. The van der Waals surface area contributed by atoms with Gasteiger partial charge in [0.1, 0.15) is 0 Å². The highest BCUT2D eigenvalue weighted by atomic mass is 13.9. The molecule has 0 radical (unpaired) electrons. The van der Waals surface area contributed by atoms with Crippen molar-refractivity contribution in [3.8, 4) is 0 Å². The molecule has 0 aliphatic heterocycles. The van der Waals surface area contributed by atoms with Gasteiger partial charge in [-0.1, -0.05) is 170 Å². The Kier molecular flexibility index (Phi) is 8.42. The maximum Gasteiger partial charge on any atom is -0.0184 e. The van der Waals surface area contributed by atoms with Gasteiger partial charge in [0, 0.05) is 0 Å². The van der Waals surface area contributed by atoms with Gasteiger partial charge in [-0.25, -0.2) is 0 Å². The van der Waals surface area contributed by atoms with Crippen LogP contribution in [0.25, 0.3) is 21.5 Å². The lowest BCUT2D eigenvalue weighted by molar-refractivity contribution is 1.50. The van der Waals surface area contributed by atoms with Gasteiger partial charge in [-0.3, -0.25) is 0 Å². The number of fused-ring (bicyclic) bond motifs is 2. The van der Waals surface area contributed by atoms with Crippen LogP contribution >= 0.6 is 0 Å². The molecule has 5 rings (SSSR count). The first-order valence-corrected chi connectivity index (χ1v) is 11.5. The highest BCUT2D eigenvalue weighted by molar-refractivity contribution is 5.87. The Labute approximate surface area is 201 Å². The Hall–Kier alpha value is -4.42. The van der Waals surface area contributed by atoms with E-state index >= 15 is 0 Å². The molecule has 0 N–H and O–H groups in total. The van der Waals surface area contributed by atoms with Gasteiger partial charge in [0.15, 0.2) is 0 Å². The topological polar surface area (TPSA) is 0 Å². The van der Waals surface area contributed by atoms with E-state index in [1.165, 1.54) is 32.0 Å². The summed E-state index contributed by atoms with van der Waals surface area (Å²) >= 11 is 0. The van der Waals surface area contributed by atoms with Gasteiger partial charge >= 0.3 is 0 Å². The fraction of sp³-hybridized carbons (Fsp3) is 0. The minimum absolute atomic E-state index is 1.23. The summed E-state index contributed by atoms with van der Waals surface area (Å²) in [5.74, 6) is 0. The Bertz CT molecular complexity index is 1330. The molecule has 0 heterocycles. The molecule has 0 atom stereocenters. The second kappa shape index (κ2) is 12.6. The quantitative estimate of drug-likeness (QED) is 0.227. The van der Waals surface area contributed by atoms with Crippen molar-refractivity contribution >= 4 is 21.5 Å². The first-order valence-electron chi connectivity index (χ1n) is 11.5. The molecule has 3 aromatic carbocycles. The molecule has 164 valence electrons. The van der Waals surface area contributed by atoms with Gasteiger partial charge < -0.3 is 0 Å². The van der Waals surface area contributed by atoms with Gasteiger partial charge in [-0.2, -0.15) is 0 Å². The molecule has 0 nitrogen and oxygen atoms in total. The smallest absolute Gasteiger partial charge is 0.0184 e. The van der Waals surface area contributed by atoms with Crippen molar-refractivity contribution < 1.29 is 0 Å². The van der Waals surface area contributed by atoms with Crippen LogP contribution in [0.2, 0.25) is 0 Å². The second-order valence-corrected chi connectivity index (χ2v) is 7.81. The third kappa shape index (κ3) is 6.79. The van der Waals surface area contributed by atoms with Crippen molar-refractivity contribution in [3.63, 3.8) is 0 Å². The highest BCUT2D eigenvalue weighted by Gasteiger charge is 1.88. The molecular weight excluding hydrogens is 408 g/mol. The number of hydrogen-bond donors (Lipinski definition) is 0. The van der Waals surface area contributed by atoms with E-state index < -0.39 is 0 Å². The van der Waals surface area contributed by atoms with Gasteiger partial charge in [0.25, 0.3) is 0 Å². The van der Waals surface area contributed by atoms with Crippen LogP contribution in [-0.2, 0) is 0 Å². The summed E-state index contributed by atoms with van der Waals surface area (Å²) in [6, 6.07) is 58.6. The van der Waals surface area contributed by atoms with E-state index in [1.807, 2.05) is 48.5 Å². The zero-order chi connectivity index (χ0) is 23.3. The number of hydrogen-bond acceptors (Lipinski definition) is 0. The predicted molar refractivity (Wildman–Crippen MR) is 147 cm³/mol. The summed E-state index contributed by atoms with van der Waals surface area (Å²) in [7, 11) is 0. The van der Waals surface area contributed by atoms with E-state index in [9.17, 15) is 0 Å². The molecule has 3 aromatic rings. The third-order valence-corrected chi connectivity index (χ3v) is 5.42. The Morgan fingerprint density at radius 3 is 0.618 bits per heavy atom. The predicted octanol–water partition coefficient (Wildman–Crippen LogP) is 9.22. The van der Waals surface area contributed by atoms with E-state index in [2.05, 4.69) is 121 Å². The molecule has 0 saturated heterocycles. The second-order valence-electron chi connectivity index (χ2n) is 7.81. The zero-order valence-corrected chi connectivity index (χ0v) is 19.2. The average Bonchev–Trinajstić information content (AvgIpc) is 2.78. The van der Waals surface area contributed by atoms with E-state index in [0.29, 0.717) is 0 Å². The van der Waals surface area contributed by atoms with Crippen molar-refractivity contribution in [2.24, 2.45) is 0 Å². The van der Waals surface area contributed by atoms with E-state index in [0.717, 1.165) is 0 Å². The monoisotopic (exact) mass is 436 g/mol. The van der Waals surface area contributed by atoms with Crippen molar-refractivity contribution in [1.29, 1.82) is 0 Å². The van der Waals surface area contributed by atoms with Crippen molar-refractivity contribution in [2.75, 3.05) is 0 Å². The van der Waals surface area contributed by atoms with Crippen molar-refractivity contribution in [1.82, 2.24) is 0 Å². The first kappa shape index (κ1) is 22.8. The normalized spacial score (nSPS) is 9.76. The van der Waals surface area contributed by atoms with Crippen LogP contribution < -0.4 is 0 Å². The molecule has 0 spiro atoms. The van der Waals surface area contributed by atoms with Gasteiger partial charge in [0.05, 0.1) is 0 Å². The van der Waals surface area contributed by atoms with Gasteiger partial charge in [0.2, 0.25) is 0 Å². The largest absolute Gasteiger partial charge is 0.0622 e. The first-order chi connectivity index (χ1) is 16.9. The lowest BCUT2D eigenvalue weighted by Gasteiger charge is -1.94. The third-order valence-electron chi connectivity index (χ3n) is 5.42. The molecule has 0 fully saturated rings.